The van der Waals surface area contributed by atoms with Crippen molar-refractivity contribution in [2.75, 3.05) is 33.0 Å². The van der Waals surface area contributed by atoms with Gasteiger partial charge in [0.2, 0.25) is 0 Å². The number of amides is 1. The lowest BCUT2D eigenvalue weighted by atomic mass is 10.0. The molecular weight excluding hydrogens is 306 g/mol. The second kappa shape index (κ2) is 11.8. The number of ether oxygens (including phenoxy) is 2. The lowest BCUT2D eigenvalue weighted by molar-refractivity contribution is -0.118. The maximum atomic E-state index is 12.0. The van der Waals surface area contributed by atoms with E-state index in [1.807, 2.05) is 24.3 Å². The normalized spacial score (nSPS) is 10.8. The minimum atomic E-state index is -0.0904. The van der Waals surface area contributed by atoms with E-state index < -0.39 is 0 Å². The summed E-state index contributed by atoms with van der Waals surface area (Å²) in [5.74, 6) is 0.636. The number of carbonyl (C=O) groups is 2. The molecule has 0 saturated carbocycles. The number of nitrogens with one attached hydrogen (secondary N) is 1. The summed E-state index contributed by atoms with van der Waals surface area (Å²) in [6, 6.07) is 7.72. The molecule has 5 heteroatoms. The largest absolute Gasteiger partial charge is 0.379 e. The quantitative estimate of drug-likeness (QED) is 0.596. The van der Waals surface area contributed by atoms with Gasteiger partial charge in [0, 0.05) is 18.5 Å². The molecule has 1 rings (SSSR count). The summed E-state index contributed by atoms with van der Waals surface area (Å²) in [5, 5.41) is 2.83. The van der Waals surface area contributed by atoms with Crippen molar-refractivity contribution in [3.05, 3.63) is 35.4 Å². The van der Waals surface area contributed by atoms with Crippen LogP contribution in [0.15, 0.2) is 24.3 Å². The summed E-state index contributed by atoms with van der Waals surface area (Å²) in [4.78, 5) is 22.7. The van der Waals surface area contributed by atoms with Gasteiger partial charge in [-0.25, -0.2) is 0 Å². The Hall–Kier alpha value is -1.72. The van der Waals surface area contributed by atoms with Gasteiger partial charge in [-0.3, -0.25) is 9.59 Å². The summed E-state index contributed by atoms with van der Waals surface area (Å²) in [5.41, 5.74) is 1.91. The van der Waals surface area contributed by atoms with Gasteiger partial charge in [-0.15, -0.1) is 0 Å². The summed E-state index contributed by atoms with van der Waals surface area (Å²) >= 11 is 0. The van der Waals surface area contributed by atoms with Crippen LogP contribution in [0.2, 0.25) is 0 Å². The first-order valence-electron chi connectivity index (χ1n) is 8.51. The van der Waals surface area contributed by atoms with Crippen LogP contribution in [0.5, 0.6) is 0 Å². The molecule has 0 aliphatic heterocycles. The van der Waals surface area contributed by atoms with Crippen molar-refractivity contribution in [3.63, 3.8) is 0 Å². The zero-order valence-electron chi connectivity index (χ0n) is 15.0. The van der Waals surface area contributed by atoms with Gasteiger partial charge in [0.15, 0.2) is 0 Å². The Bertz CT molecular complexity index is 497. The Kier molecular flexibility index (Phi) is 9.96. The van der Waals surface area contributed by atoms with Crippen LogP contribution >= 0.6 is 0 Å². The highest BCUT2D eigenvalue weighted by atomic mass is 16.5. The van der Waals surface area contributed by atoms with E-state index in [4.69, 9.17) is 9.47 Å². The zero-order chi connectivity index (χ0) is 17.8. The first-order chi connectivity index (χ1) is 11.5. The minimum Gasteiger partial charge on any atom is -0.379 e. The van der Waals surface area contributed by atoms with Crippen molar-refractivity contribution in [1.82, 2.24) is 5.32 Å². The van der Waals surface area contributed by atoms with Gasteiger partial charge in [0.05, 0.1) is 26.4 Å². The standard InChI is InChI=1S/C19H29NO4/c1-15(2)14-17-4-6-18(7-5-17)19(22)20-9-11-24-13-12-23-10-8-16(3)21/h4-7,15H,8-14H2,1-3H3,(H,20,22). The van der Waals surface area contributed by atoms with Crippen molar-refractivity contribution in [2.24, 2.45) is 5.92 Å². The fraction of sp³-hybridized carbons (Fsp3) is 0.579. The van der Waals surface area contributed by atoms with E-state index in [0.717, 1.165) is 6.42 Å². The monoisotopic (exact) mass is 335 g/mol. The third kappa shape index (κ3) is 9.43. The van der Waals surface area contributed by atoms with Gasteiger partial charge in [-0.1, -0.05) is 26.0 Å². The number of benzene rings is 1. The van der Waals surface area contributed by atoms with Crippen molar-refractivity contribution in [3.8, 4) is 0 Å². The van der Waals surface area contributed by atoms with Gasteiger partial charge >= 0.3 is 0 Å². The molecule has 0 fully saturated rings. The van der Waals surface area contributed by atoms with Gasteiger partial charge in [0.1, 0.15) is 5.78 Å². The molecule has 5 nitrogen and oxygen atoms in total. The van der Waals surface area contributed by atoms with Crippen LogP contribution in [0.3, 0.4) is 0 Å². The van der Waals surface area contributed by atoms with Crippen molar-refractivity contribution >= 4 is 11.7 Å². The Morgan fingerprint density at radius 3 is 2.21 bits per heavy atom. The SMILES string of the molecule is CC(=O)CCOCCOCCNC(=O)c1ccc(CC(C)C)cc1. The number of carbonyl (C=O) groups excluding carboxylic acids is 2. The lowest BCUT2D eigenvalue weighted by Crippen LogP contribution is -2.27. The highest BCUT2D eigenvalue weighted by Gasteiger charge is 2.05. The average molecular weight is 335 g/mol. The third-order valence-electron chi connectivity index (χ3n) is 3.36. The molecule has 1 aromatic rings. The van der Waals surface area contributed by atoms with Crippen molar-refractivity contribution < 1.29 is 19.1 Å². The molecule has 134 valence electrons. The van der Waals surface area contributed by atoms with Crippen LogP contribution in [-0.4, -0.2) is 44.7 Å². The molecule has 0 atom stereocenters. The Morgan fingerprint density at radius 1 is 1.00 bits per heavy atom. The summed E-state index contributed by atoms with van der Waals surface area (Å²) < 4.78 is 10.6. The van der Waals surface area contributed by atoms with E-state index in [0.29, 0.717) is 50.9 Å². The van der Waals surface area contributed by atoms with Gasteiger partial charge < -0.3 is 14.8 Å². The Morgan fingerprint density at radius 2 is 1.62 bits per heavy atom. The fourth-order valence-corrected chi connectivity index (χ4v) is 2.14. The first-order valence-corrected chi connectivity index (χ1v) is 8.51. The molecule has 0 bridgehead atoms. The molecule has 1 N–H and O–H groups in total. The van der Waals surface area contributed by atoms with Crippen LogP contribution < -0.4 is 5.32 Å². The summed E-state index contributed by atoms with van der Waals surface area (Å²) in [7, 11) is 0. The number of Topliss-reactive ketones (excluding diaryl/α,β-unsaturated/α-hetero) is 1. The van der Waals surface area contributed by atoms with Crippen LogP contribution in [0.4, 0.5) is 0 Å². The maximum Gasteiger partial charge on any atom is 0.251 e. The zero-order valence-corrected chi connectivity index (χ0v) is 15.0. The molecule has 0 spiro atoms. The predicted octanol–water partition coefficient (Wildman–Crippen LogP) is 2.63. The summed E-state index contributed by atoms with van der Waals surface area (Å²) in [6.45, 7) is 8.14. The third-order valence-corrected chi connectivity index (χ3v) is 3.36. The minimum absolute atomic E-state index is 0.0904. The predicted molar refractivity (Wildman–Crippen MR) is 94.3 cm³/mol. The number of rotatable bonds is 12. The topological polar surface area (TPSA) is 64.6 Å². The number of hydrogen-bond acceptors (Lipinski definition) is 4. The molecule has 0 aliphatic carbocycles. The highest BCUT2D eigenvalue weighted by Crippen LogP contribution is 2.09. The molecule has 0 aliphatic rings. The smallest absolute Gasteiger partial charge is 0.251 e. The average Bonchev–Trinajstić information content (AvgIpc) is 2.53. The van der Waals surface area contributed by atoms with Crippen molar-refractivity contribution in [2.45, 2.75) is 33.6 Å². The van der Waals surface area contributed by atoms with E-state index in [9.17, 15) is 9.59 Å². The molecule has 0 unspecified atom stereocenters. The lowest BCUT2D eigenvalue weighted by Gasteiger charge is -2.08. The van der Waals surface area contributed by atoms with E-state index in [2.05, 4.69) is 19.2 Å². The fourth-order valence-electron chi connectivity index (χ4n) is 2.14. The van der Waals surface area contributed by atoms with Crippen LogP contribution in [0.25, 0.3) is 0 Å². The molecule has 24 heavy (non-hydrogen) atoms. The number of hydrogen-bond donors (Lipinski definition) is 1. The molecule has 0 aromatic heterocycles. The van der Waals surface area contributed by atoms with Crippen LogP contribution in [-0.2, 0) is 20.7 Å². The van der Waals surface area contributed by atoms with Crippen LogP contribution in [0, 0.1) is 5.92 Å². The van der Waals surface area contributed by atoms with Crippen molar-refractivity contribution in [1.29, 1.82) is 0 Å². The van der Waals surface area contributed by atoms with E-state index in [1.165, 1.54) is 5.56 Å². The molecule has 1 amide bonds. The maximum absolute atomic E-state index is 12.0. The Balaban J connectivity index is 2.10. The molecular formula is C19H29NO4. The molecule has 0 saturated heterocycles. The van der Waals surface area contributed by atoms with E-state index in [-0.39, 0.29) is 11.7 Å². The second-order valence-corrected chi connectivity index (χ2v) is 6.23. The molecule has 0 heterocycles. The van der Waals surface area contributed by atoms with Gasteiger partial charge in [0.25, 0.3) is 5.91 Å². The summed E-state index contributed by atoms with van der Waals surface area (Å²) in [6.07, 6.45) is 1.45. The Labute approximate surface area is 144 Å². The highest BCUT2D eigenvalue weighted by molar-refractivity contribution is 5.94. The second-order valence-electron chi connectivity index (χ2n) is 6.23. The van der Waals surface area contributed by atoms with E-state index in [1.54, 1.807) is 6.92 Å². The van der Waals surface area contributed by atoms with Crippen LogP contribution in [0.1, 0.15) is 43.1 Å². The molecule has 1 aromatic carbocycles. The first kappa shape index (κ1) is 20.3. The van der Waals surface area contributed by atoms with Gasteiger partial charge in [-0.2, -0.15) is 0 Å². The van der Waals surface area contributed by atoms with E-state index >= 15 is 0 Å². The molecule has 0 radical (unpaired) electrons. The number of ketones is 1. The van der Waals surface area contributed by atoms with Gasteiger partial charge in [-0.05, 0) is 37.0 Å².